The van der Waals surface area contributed by atoms with Crippen LogP contribution in [-0.2, 0) is 4.79 Å². The van der Waals surface area contributed by atoms with Crippen LogP contribution in [0.15, 0.2) is 47.6 Å². The SMILES string of the molecule is CN=C(NCCCN1C(=O)COc2ccccc21)NC1CCN(c2ccc(C)cn2)CC1.I. The van der Waals surface area contributed by atoms with Crippen LogP contribution in [0.5, 0.6) is 5.75 Å². The smallest absolute Gasteiger partial charge is 0.265 e. The average molecular weight is 564 g/mol. The van der Waals surface area contributed by atoms with Gasteiger partial charge in [0.25, 0.3) is 5.91 Å². The Bertz CT molecular complexity index is 944. The van der Waals surface area contributed by atoms with E-state index in [9.17, 15) is 4.79 Å². The van der Waals surface area contributed by atoms with Crippen LogP contribution in [0, 0.1) is 6.92 Å². The number of guanidine groups is 1. The van der Waals surface area contributed by atoms with E-state index in [2.05, 4.69) is 44.6 Å². The number of pyridine rings is 1. The lowest BCUT2D eigenvalue weighted by atomic mass is 10.1. The van der Waals surface area contributed by atoms with E-state index in [1.54, 1.807) is 7.05 Å². The third-order valence-electron chi connectivity index (χ3n) is 5.94. The number of benzene rings is 1. The Hall–Kier alpha value is -2.56. The number of piperidine rings is 1. The van der Waals surface area contributed by atoms with Gasteiger partial charge in [0.2, 0.25) is 0 Å². The minimum absolute atomic E-state index is 0. The van der Waals surface area contributed by atoms with Crippen LogP contribution in [0.4, 0.5) is 11.5 Å². The first kappa shape index (κ1) is 25.1. The zero-order valence-electron chi connectivity index (χ0n) is 19.3. The molecule has 0 saturated carbocycles. The monoisotopic (exact) mass is 564 g/mol. The number of anilines is 2. The molecule has 0 radical (unpaired) electrons. The number of halogens is 1. The van der Waals surface area contributed by atoms with Gasteiger partial charge in [-0.2, -0.15) is 0 Å². The molecule has 9 heteroatoms. The van der Waals surface area contributed by atoms with Crippen molar-refractivity contribution in [3.05, 3.63) is 48.2 Å². The molecule has 1 aromatic heterocycles. The predicted molar refractivity (Wildman–Crippen MR) is 143 cm³/mol. The highest BCUT2D eigenvalue weighted by Gasteiger charge is 2.24. The van der Waals surface area contributed by atoms with Gasteiger partial charge in [-0.3, -0.25) is 9.79 Å². The van der Waals surface area contributed by atoms with Gasteiger partial charge in [-0.1, -0.05) is 18.2 Å². The molecule has 1 saturated heterocycles. The predicted octanol–water partition coefficient (Wildman–Crippen LogP) is 2.96. The first-order chi connectivity index (χ1) is 15.6. The minimum atomic E-state index is 0. The number of fused-ring (bicyclic) bond motifs is 1. The molecule has 0 unspecified atom stereocenters. The highest BCUT2D eigenvalue weighted by molar-refractivity contribution is 14.0. The van der Waals surface area contributed by atoms with Crippen LogP contribution < -0.4 is 25.2 Å². The van der Waals surface area contributed by atoms with Crippen molar-refractivity contribution in [1.29, 1.82) is 0 Å². The molecule has 4 rings (SSSR count). The van der Waals surface area contributed by atoms with Gasteiger partial charge >= 0.3 is 0 Å². The zero-order valence-corrected chi connectivity index (χ0v) is 21.6. The van der Waals surface area contributed by atoms with Crippen molar-refractivity contribution in [3.8, 4) is 5.75 Å². The van der Waals surface area contributed by atoms with Gasteiger partial charge in [0.05, 0.1) is 5.69 Å². The van der Waals surface area contributed by atoms with E-state index in [0.29, 0.717) is 12.6 Å². The number of nitrogens with one attached hydrogen (secondary N) is 2. The van der Waals surface area contributed by atoms with Crippen LogP contribution >= 0.6 is 24.0 Å². The standard InChI is InChI=1S/C24H32N6O2.HI/c1-18-8-9-22(27-16-18)29-14-10-19(11-15-29)28-24(25-2)26-12-5-13-30-20-6-3-4-7-21(20)32-17-23(30)31;/h3-4,6-9,16,19H,5,10-15,17H2,1-2H3,(H2,25,26,28);1H. The van der Waals surface area contributed by atoms with Crippen molar-refractivity contribution < 1.29 is 9.53 Å². The molecule has 178 valence electrons. The lowest BCUT2D eigenvalue weighted by molar-refractivity contribution is -0.121. The average Bonchev–Trinajstić information content (AvgIpc) is 2.83. The third kappa shape index (κ3) is 6.49. The number of carbonyl (C=O) groups excluding carboxylic acids is 1. The lowest BCUT2D eigenvalue weighted by Gasteiger charge is -2.34. The molecule has 8 nitrogen and oxygen atoms in total. The Morgan fingerprint density at radius 2 is 2.00 bits per heavy atom. The topological polar surface area (TPSA) is 82.1 Å². The summed E-state index contributed by atoms with van der Waals surface area (Å²) in [5.74, 6) is 2.63. The minimum Gasteiger partial charge on any atom is -0.482 e. The van der Waals surface area contributed by atoms with E-state index in [4.69, 9.17) is 4.74 Å². The lowest BCUT2D eigenvalue weighted by Crippen LogP contribution is -2.49. The number of aryl methyl sites for hydroxylation is 1. The Labute approximate surface area is 212 Å². The molecule has 33 heavy (non-hydrogen) atoms. The van der Waals surface area contributed by atoms with Crippen molar-refractivity contribution in [2.45, 2.75) is 32.2 Å². The van der Waals surface area contributed by atoms with E-state index in [0.717, 1.165) is 62.1 Å². The van der Waals surface area contributed by atoms with E-state index < -0.39 is 0 Å². The number of rotatable bonds is 6. The highest BCUT2D eigenvalue weighted by Crippen LogP contribution is 2.31. The number of nitrogens with zero attached hydrogens (tertiary/aromatic N) is 4. The fourth-order valence-corrected chi connectivity index (χ4v) is 4.13. The second kappa shape index (κ2) is 12.1. The summed E-state index contributed by atoms with van der Waals surface area (Å²) >= 11 is 0. The second-order valence-electron chi connectivity index (χ2n) is 8.25. The quantitative estimate of drug-likeness (QED) is 0.243. The summed E-state index contributed by atoms with van der Waals surface area (Å²) in [5.41, 5.74) is 2.03. The van der Waals surface area contributed by atoms with Crippen molar-refractivity contribution in [1.82, 2.24) is 15.6 Å². The van der Waals surface area contributed by atoms with Gasteiger partial charge in [0, 0.05) is 45.5 Å². The molecule has 0 spiro atoms. The number of carbonyl (C=O) groups is 1. The Morgan fingerprint density at radius 1 is 1.21 bits per heavy atom. The van der Waals surface area contributed by atoms with E-state index in [1.807, 2.05) is 35.4 Å². The Balaban J connectivity index is 0.00000306. The molecule has 0 aliphatic carbocycles. The first-order valence-corrected chi connectivity index (χ1v) is 11.3. The first-order valence-electron chi connectivity index (χ1n) is 11.3. The fourth-order valence-electron chi connectivity index (χ4n) is 4.13. The number of amides is 1. The van der Waals surface area contributed by atoms with Crippen molar-refractivity contribution in [3.63, 3.8) is 0 Å². The Kier molecular flexibility index (Phi) is 9.16. The van der Waals surface area contributed by atoms with Gasteiger partial charge in [0.15, 0.2) is 12.6 Å². The summed E-state index contributed by atoms with van der Waals surface area (Å²) in [6.45, 7) is 5.49. The van der Waals surface area contributed by atoms with Gasteiger partial charge in [-0.05, 0) is 49.9 Å². The normalized spacial score (nSPS) is 16.5. The summed E-state index contributed by atoms with van der Waals surface area (Å²) in [4.78, 5) is 25.4. The summed E-state index contributed by atoms with van der Waals surface area (Å²) < 4.78 is 5.51. The summed E-state index contributed by atoms with van der Waals surface area (Å²) in [5, 5.41) is 6.93. The van der Waals surface area contributed by atoms with Gasteiger partial charge in [-0.25, -0.2) is 4.98 Å². The number of hydrogen-bond donors (Lipinski definition) is 2. The second-order valence-corrected chi connectivity index (χ2v) is 8.25. The number of aliphatic imine (C=N–C) groups is 1. The fraction of sp³-hybridized carbons (Fsp3) is 0.458. The molecule has 3 heterocycles. The highest BCUT2D eigenvalue weighted by atomic mass is 127. The number of aromatic nitrogens is 1. The third-order valence-corrected chi connectivity index (χ3v) is 5.94. The molecule has 2 N–H and O–H groups in total. The van der Waals surface area contributed by atoms with Gasteiger partial charge < -0.3 is 25.2 Å². The van der Waals surface area contributed by atoms with Gasteiger partial charge in [0.1, 0.15) is 11.6 Å². The van der Waals surface area contributed by atoms with Crippen LogP contribution in [0.25, 0.3) is 0 Å². The van der Waals surface area contributed by atoms with Crippen LogP contribution in [0.2, 0.25) is 0 Å². The molecule has 1 aromatic carbocycles. The van der Waals surface area contributed by atoms with Crippen molar-refractivity contribution in [2.24, 2.45) is 4.99 Å². The maximum Gasteiger partial charge on any atom is 0.265 e. The molecule has 0 bridgehead atoms. The molecule has 2 aromatic rings. The summed E-state index contributed by atoms with van der Waals surface area (Å²) in [6.07, 6.45) is 4.82. The van der Waals surface area contributed by atoms with Crippen LogP contribution in [0.1, 0.15) is 24.8 Å². The van der Waals surface area contributed by atoms with Crippen LogP contribution in [-0.4, -0.2) is 62.7 Å². The van der Waals surface area contributed by atoms with Crippen LogP contribution in [0.3, 0.4) is 0 Å². The van der Waals surface area contributed by atoms with Gasteiger partial charge in [-0.15, -0.1) is 24.0 Å². The maximum absolute atomic E-state index is 12.3. The van der Waals surface area contributed by atoms with Crippen molar-refractivity contribution >= 4 is 47.3 Å². The zero-order chi connectivity index (χ0) is 22.3. The van der Waals surface area contributed by atoms with Crippen molar-refractivity contribution in [2.75, 3.05) is 49.6 Å². The summed E-state index contributed by atoms with van der Waals surface area (Å²) in [6, 6.07) is 12.3. The number of hydrogen-bond acceptors (Lipinski definition) is 5. The molecular formula is C24H33IN6O2. The summed E-state index contributed by atoms with van der Waals surface area (Å²) in [7, 11) is 1.79. The molecule has 2 aliphatic heterocycles. The maximum atomic E-state index is 12.3. The molecule has 1 fully saturated rings. The number of ether oxygens (including phenoxy) is 1. The van der Waals surface area contributed by atoms with E-state index in [1.165, 1.54) is 5.56 Å². The largest absolute Gasteiger partial charge is 0.482 e. The number of para-hydroxylation sites is 2. The molecule has 0 atom stereocenters. The molecule has 2 aliphatic rings. The molecule has 1 amide bonds. The Morgan fingerprint density at radius 3 is 2.73 bits per heavy atom. The van der Waals surface area contributed by atoms with E-state index >= 15 is 0 Å². The van der Waals surface area contributed by atoms with E-state index in [-0.39, 0.29) is 36.5 Å². The molecular weight excluding hydrogens is 531 g/mol.